The van der Waals surface area contributed by atoms with E-state index < -0.39 is 0 Å². The molecule has 18 heavy (non-hydrogen) atoms. The second kappa shape index (κ2) is 7.00. The normalized spacial score (nSPS) is 15.7. The van der Waals surface area contributed by atoms with Gasteiger partial charge in [0.2, 0.25) is 0 Å². The van der Waals surface area contributed by atoms with Crippen LogP contribution in [0.1, 0.15) is 43.7 Å². The van der Waals surface area contributed by atoms with Gasteiger partial charge in [-0.1, -0.05) is 42.4 Å². The number of allylic oxidation sites excluding steroid dienone is 2. The fourth-order valence-corrected chi connectivity index (χ4v) is 2.08. The fraction of sp³-hybridized carbons (Fsp3) is 0.438. The van der Waals surface area contributed by atoms with Crippen LogP contribution in [0.4, 0.5) is 0 Å². The van der Waals surface area contributed by atoms with E-state index in [0.29, 0.717) is 6.61 Å². The molecular formula is C16H20NO. The molecule has 0 saturated heterocycles. The first kappa shape index (κ1) is 12.9. The summed E-state index contributed by atoms with van der Waals surface area (Å²) in [5, 5.41) is 3.93. The number of rotatable bonds is 5. The molecule has 1 aromatic rings. The molecule has 1 aliphatic rings. The second-order valence-electron chi connectivity index (χ2n) is 4.63. The van der Waals surface area contributed by atoms with Crippen molar-refractivity contribution in [3.05, 3.63) is 47.0 Å². The van der Waals surface area contributed by atoms with Gasteiger partial charge < -0.3 is 4.84 Å². The molecule has 0 saturated carbocycles. The molecule has 0 N–H and O–H groups in total. The Labute approximate surface area is 109 Å². The zero-order chi connectivity index (χ0) is 12.6. The largest absolute Gasteiger partial charge is 0.390 e. The lowest BCUT2D eigenvalue weighted by Gasteiger charge is -2.06. The van der Waals surface area contributed by atoms with Crippen molar-refractivity contribution in [3.63, 3.8) is 0 Å². The Morgan fingerprint density at radius 1 is 1.28 bits per heavy atom. The number of hydrogen-bond acceptors (Lipinski definition) is 2. The van der Waals surface area contributed by atoms with Crippen LogP contribution in [-0.2, 0) is 17.9 Å². The first-order valence-electron chi connectivity index (χ1n) is 6.73. The van der Waals surface area contributed by atoms with Gasteiger partial charge in [-0.25, -0.2) is 0 Å². The highest BCUT2D eigenvalue weighted by Gasteiger charge is 2.01. The van der Waals surface area contributed by atoms with E-state index in [4.69, 9.17) is 4.84 Å². The van der Waals surface area contributed by atoms with E-state index in [0.717, 1.165) is 24.8 Å². The lowest BCUT2D eigenvalue weighted by atomic mass is 10.0. The van der Waals surface area contributed by atoms with Crippen molar-refractivity contribution in [3.8, 4) is 0 Å². The highest BCUT2D eigenvalue weighted by atomic mass is 16.6. The molecule has 0 bridgehead atoms. The standard InChI is InChI=1S/C16H20NO/c1-2-14-9-6-10-16(11-14)13-18-17-12-15-7-4-3-5-8-15/h6-7,9-11H,2-5,8,13H2,1H3. The van der Waals surface area contributed by atoms with Crippen LogP contribution >= 0.6 is 0 Å². The molecule has 2 nitrogen and oxygen atoms in total. The predicted molar refractivity (Wildman–Crippen MR) is 74.6 cm³/mol. The van der Waals surface area contributed by atoms with Crippen LogP contribution in [0.3, 0.4) is 0 Å². The van der Waals surface area contributed by atoms with E-state index in [1.54, 1.807) is 0 Å². The lowest BCUT2D eigenvalue weighted by Crippen LogP contribution is -1.94. The molecule has 0 fully saturated rings. The quantitative estimate of drug-likeness (QED) is 0.562. The van der Waals surface area contributed by atoms with Gasteiger partial charge in [0.1, 0.15) is 12.8 Å². The van der Waals surface area contributed by atoms with Crippen LogP contribution in [0.5, 0.6) is 0 Å². The second-order valence-corrected chi connectivity index (χ2v) is 4.63. The third-order valence-corrected chi connectivity index (χ3v) is 3.18. The van der Waals surface area contributed by atoms with Gasteiger partial charge in [-0.05, 0) is 48.8 Å². The third kappa shape index (κ3) is 4.02. The number of nitrogens with zero attached hydrogens (tertiary/aromatic N) is 1. The average molecular weight is 242 g/mol. The fourth-order valence-electron chi connectivity index (χ4n) is 2.08. The third-order valence-electron chi connectivity index (χ3n) is 3.18. The Balaban J connectivity index is 1.80. The monoisotopic (exact) mass is 242 g/mol. The maximum Gasteiger partial charge on any atom is 0.142 e. The van der Waals surface area contributed by atoms with Gasteiger partial charge in [-0.15, -0.1) is 0 Å². The minimum absolute atomic E-state index is 0.522. The molecule has 0 heterocycles. The molecule has 1 aromatic carbocycles. The summed E-state index contributed by atoms with van der Waals surface area (Å²) in [5.41, 5.74) is 3.68. The van der Waals surface area contributed by atoms with Crippen molar-refractivity contribution in [2.75, 3.05) is 0 Å². The van der Waals surface area contributed by atoms with E-state index in [2.05, 4.69) is 48.6 Å². The molecule has 0 aliphatic heterocycles. The summed E-state index contributed by atoms with van der Waals surface area (Å²) in [7, 11) is 0. The highest BCUT2D eigenvalue weighted by Crippen LogP contribution is 2.15. The Bertz CT molecular complexity index is 434. The SMILES string of the molecule is CCc1cccc(CO/N=[C]\C2=CCCCC2)c1. The first-order valence-corrected chi connectivity index (χ1v) is 6.73. The van der Waals surface area contributed by atoms with Crippen molar-refractivity contribution in [1.82, 2.24) is 0 Å². The van der Waals surface area contributed by atoms with E-state index >= 15 is 0 Å². The van der Waals surface area contributed by atoms with Crippen LogP contribution < -0.4 is 0 Å². The van der Waals surface area contributed by atoms with Gasteiger partial charge in [0.05, 0.1) is 0 Å². The van der Waals surface area contributed by atoms with Gasteiger partial charge in [-0.3, -0.25) is 0 Å². The Kier molecular flexibility index (Phi) is 5.00. The van der Waals surface area contributed by atoms with Crippen molar-refractivity contribution in [2.45, 2.75) is 45.6 Å². The van der Waals surface area contributed by atoms with Crippen molar-refractivity contribution >= 4 is 6.21 Å². The summed E-state index contributed by atoms with van der Waals surface area (Å²) in [6.45, 7) is 2.68. The van der Waals surface area contributed by atoms with Gasteiger partial charge >= 0.3 is 0 Å². The molecule has 1 radical (unpaired) electrons. The van der Waals surface area contributed by atoms with Gasteiger partial charge in [-0.2, -0.15) is 0 Å². The van der Waals surface area contributed by atoms with Crippen molar-refractivity contribution < 1.29 is 4.84 Å². The number of benzene rings is 1. The molecule has 0 amide bonds. The van der Waals surface area contributed by atoms with Gasteiger partial charge in [0, 0.05) is 0 Å². The molecule has 1 aliphatic carbocycles. The highest BCUT2D eigenvalue weighted by molar-refractivity contribution is 5.78. The Morgan fingerprint density at radius 3 is 2.94 bits per heavy atom. The van der Waals surface area contributed by atoms with Crippen LogP contribution in [0.2, 0.25) is 0 Å². The van der Waals surface area contributed by atoms with E-state index in [9.17, 15) is 0 Å². The van der Waals surface area contributed by atoms with E-state index in [-0.39, 0.29) is 0 Å². The topological polar surface area (TPSA) is 21.6 Å². The molecule has 0 aromatic heterocycles. The van der Waals surface area contributed by atoms with Crippen LogP contribution in [0.25, 0.3) is 0 Å². The minimum Gasteiger partial charge on any atom is -0.390 e. The average Bonchev–Trinajstić information content (AvgIpc) is 2.45. The van der Waals surface area contributed by atoms with Crippen LogP contribution in [0.15, 0.2) is 41.1 Å². The first-order chi connectivity index (χ1) is 8.88. The van der Waals surface area contributed by atoms with Crippen LogP contribution in [0, 0.1) is 0 Å². The molecule has 2 rings (SSSR count). The molecule has 0 atom stereocenters. The van der Waals surface area contributed by atoms with Gasteiger partial charge in [0.25, 0.3) is 0 Å². The summed E-state index contributed by atoms with van der Waals surface area (Å²) in [5.74, 6) is 0. The van der Waals surface area contributed by atoms with Gasteiger partial charge in [0.15, 0.2) is 0 Å². The van der Waals surface area contributed by atoms with Crippen molar-refractivity contribution in [2.24, 2.45) is 5.16 Å². The summed E-state index contributed by atoms with van der Waals surface area (Å²) in [6, 6.07) is 8.42. The zero-order valence-corrected chi connectivity index (χ0v) is 11.0. The number of aryl methyl sites for hydroxylation is 1. The molecule has 2 heteroatoms. The van der Waals surface area contributed by atoms with Crippen LogP contribution in [-0.4, -0.2) is 6.21 Å². The summed E-state index contributed by atoms with van der Waals surface area (Å²) in [6.07, 6.45) is 11.0. The predicted octanol–water partition coefficient (Wildman–Crippen LogP) is 4.13. The maximum atomic E-state index is 5.29. The smallest absolute Gasteiger partial charge is 0.142 e. The minimum atomic E-state index is 0.522. The van der Waals surface area contributed by atoms with Crippen molar-refractivity contribution in [1.29, 1.82) is 0 Å². The molecular weight excluding hydrogens is 222 g/mol. The van der Waals surface area contributed by atoms with E-state index in [1.165, 1.54) is 24.0 Å². The van der Waals surface area contributed by atoms with E-state index in [1.807, 2.05) is 0 Å². The number of hydrogen-bond donors (Lipinski definition) is 0. The molecule has 95 valence electrons. The summed E-state index contributed by atoms with van der Waals surface area (Å²) >= 11 is 0. The Morgan fingerprint density at radius 2 is 2.17 bits per heavy atom. The maximum absolute atomic E-state index is 5.29. The lowest BCUT2D eigenvalue weighted by molar-refractivity contribution is 0.132. The molecule has 0 unspecified atom stereocenters. The zero-order valence-electron chi connectivity index (χ0n) is 11.0. The Hall–Kier alpha value is -1.57. The molecule has 0 spiro atoms. The summed E-state index contributed by atoms with van der Waals surface area (Å²) < 4.78 is 0. The summed E-state index contributed by atoms with van der Waals surface area (Å²) in [4.78, 5) is 5.29.